The largest absolute Gasteiger partial charge is 0.406 e. The zero-order valence-corrected chi connectivity index (χ0v) is 7.80. The highest BCUT2D eigenvalue weighted by Crippen LogP contribution is 2.19. The average molecular weight is 210 g/mol. The first-order chi connectivity index (χ1) is 5.94. The van der Waals surface area contributed by atoms with Crippen LogP contribution in [0, 0.1) is 4.77 Å². The predicted octanol–water partition coefficient (Wildman–Crippen LogP) is 2.67. The van der Waals surface area contributed by atoms with Crippen molar-refractivity contribution in [3.8, 4) is 0 Å². The van der Waals surface area contributed by atoms with E-state index in [9.17, 15) is 13.2 Å². The van der Waals surface area contributed by atoms with Crippen molar-refractivity contribution < 1.29 is 13.2 Å². The molecule has 74 valence electrons. The lowest BCUT2D eigenvalue weighted by molar-refractivity contribution is -0.141. The highest BCUT2D eigenvalue weighted by atomic mass is 32.1. The number of alkyl halides is 3. The van der Waals surface area contributed by atoms with Crippen LogP contribution in [0.2, 0.25) is 0 Å². The van der Waals surface area contributed by atoms with Crippen LogP contribution in [0.5, 0.6) is 0 Å². The van der Waals surface area contributed by atoms with Gasteiger partial charge in [-0.15, -0.1) is 0 Å². The minimum Gasteiger partial charge on any atom is -0.337 e. The molecule has 0 saturated carbocycles. The smallest absolute Gasteiger partial charge is 0.337 e. The second-order valence-electron chi connectivity index (χ2n) is 2.64. The lowest BCUT2D eigenvalue weighted by atomic mass is 10.3. The Bertz CT molecular complexity index is 336. The van der Waals surface area contributed by atoms with Gasteiger partial charge in [0, 0.05) is 11.9 Å². The van der Waals surface area contributed by atoms with Gasteiger partial charge in [0.1, 0.15) is 6.54 Å². The molecule has 1 rings (SSSR count). The molecule has 1 heterocycles. The van der Waals surface area contributed by atoms with E-state index in [-0.39, 0.29) is 4.77 Å². The molecule has 0 saturated heterocycles. The highest BCUT2D eigenvalue weighted by molar-refractivity contribution is 7.71. The summed E-state index contributed by atoms with van der Waals surface area (Å²) in [6.45, 7) is 0.767. The Balaban J connectivity index is 2.99. The number of aromatic amines is 1. The molecule has 0 fully saturated rings. The van der Waals surface area contributed by atoms with E-state index in [0.717, 1.165) is 4.57 Å². The van der Waals surface area contributed by atoms with E-state index in [1.54, 1.807) is 6.92 Å². The van der Waals surface area contributed by atoms with Gasteiger partial charge in [-0.3, -0.25) is 0 Å². The molecule has 0 unspecified atom stereocenters. The lowest BCUT2D eigenvalue weighted by Crippen LogP contribution is -2.19. The normalized spacial score (nSPS) is 12.0. The molecule has 1 aromatic heterocycles. The number of nitrogens with one attached hydrogen (secondary N) is 1. The van der Waals surface area contributed by atoms with Gasteiger partial charge in [0.2, 0.25) is 0 Å². The average Bonchev–Trinajstić information content (AvgIpc) is 2.30. The van der Waals surface area contributed by atoms with E-state index < -0.39 is 12.7 Å². The van der Waals surface area contributed by atoms with E-state index in [0.29, 0.717) is 12.1 Å². The van der Waals surface area contributed by atoms with Crippen LogP contribution in [-0.2, 0) is 13.0 Å². The van der Waals surface area contributed by atoms with Crippen LogP contribution in [-0.4, -0.2) is 15.7 Å². The number of aryl methyl sites for hydroxylation is 1. The Morgan fingerprint density at radius 1 is 1.54 bits per heavy atom. The third-order valence-corrected chi connectivity index (χ3v) is 1.99. The van der Waals surface area contributed by atoms with Crippen LogP contribution in [0.3, 0.4) is 0 Å². The summed E-state index contributed by atoms with van der Waals surface area (Å²) in [6.07, 6.45) is -2.18. The van der Waals surface area contributed by atoms with E-state index in [1.807, 2.05) is 0 Å². The van der Waals surface area contributed by atoms with Crippen LogP contribution in [0.15, 0.2) is 6.20 Å². The maximum Gasteiger partial charge on any atom is 0.406 e. The van der Waals surface area contributed by atoms with Gasteiger partial charge >= 0.3 is 6.18 Å². The Kier molecular flexibility index (Phi) is 2.80. The van der Waals surface area contributed by atoms with Gasteiger partial charge in [-0.05, 0) is 18.6 Å². The number of hydrogen-bond donors (Lipinski definition) is 1. The predicted molar refractivity (Wildman–Crippen MR) is 45.0 cm³/mol. The molecule has 0 aliphatic carbocycles. The maximum atomic E-state index is 12.0. The first-order valence-corrected chi connectivity index (χ1v) is 4.18. The molecule has 0 atom stereocenters. The van der Waals surface area contributed by atoms with Gasteiger partial charge < -0.3 is 9.55 Å². The summed E-state index contributed by atoms with van der Waals surface area (Å²) in [5.41, 5.74) is 0.572. The number of halogens is 3. The van der Waals surface area contributed by atoms with Gasteiger partial charge in [0.25, 0.3) is 0 Å². The topological polar surface area (TPSA) is 20.7 Å². The quantitative estimate of drug-likeness (QED) is 0.744. The van der Waals surface area contributed by atoms with Gasteiger partial charge in [0.05, 0.1) is 0 Å². The first-order valence-electron chi connectivity index (χ1n) is 3.78. The molecule has 0 aliphatic rings. The monoisotopic (exact) mass is 210 g/mol. The summed E-state index contributed by atoms with van der Waals surface area (Å²) >= 11 is 4.71. The number of hydrogen-bond acceptors (Lipinski definition) is 1. The Labute approximate surface area is 78.4 Å². The highest BCUT2D eigenvalue weighted by Gasteiger charge is 2.28. The van der Waals surface area contributed by atoms with Crippen molar-refractivity contribution in [2.45, 2.75) is 26.1 Å². The summed E-state index contributed by atoms with van der Waals surface area (Å²) in [6, 6.07) is 0. The maximum absolute atomic E-state index is 12.0. The molecule has 0 aliphatic heterocycles. The number of H-pyrrole nitrogens is 1. The van der Waals surface area contributed by atoms with Crippen LogP contribution in [0.4, 0.5) is 13.2 Å². The Hall–Kier alpha value is -0.780. The summed E-state index contributed by atoms with van der Waals surface area (Å²) in [5, 5.41) is 0. The van der Waals surface area contributed by atoms with Crippen molar-refractivity contribution in [1.82, 2.24) is 9.55 Å². The second-order valence-corrected chi connectivity index (χ2v) is 3.03. The summed E-state index contributed by atoms with van der Waals surface area (Å²) < 4.78 is 37.3. The third kappa shape index (κ3) is 2.58. The molecule has 0 aromatic carbocycles. The summed E-state index contributed by atoms with van der Waals surface area (Å²) in [5.74, 6) is 0. The fourth-order valence-corrected chi connectivity index (χ4v) is 1.32. The lowest BCUT2D eigenvalue weighted by Gasteiger charge is -2.09. The Morgan fingerprint density at radius 2 is 2.15 bits per heavy atom. The van der Waals surface area contributed by atoms with Crippen molar-refractivity contribution in [2.75, 3.05) is 0 Å². The SMILES string of the molecule is CCc1c[nH]c(=S)n1CC(F)(F)F. The molecule has 2 nitrogen and oxygen atoms in total. The first kappa shape index (κ1) is 10.3. The molecule has 1 aromatic rings. The fraction of sp³-hybridized carbons (Fsp3) is 0.571. The molecule has 0 amide bonds. The van der Waals surface area contributed by atoms with Crippen LogP contribution >= 0.6 is 12.2 Å². The van der Waals surface area contributed by atoms with Gasteiger partial charge in [-0.1, -0.05) is 6.92 Å². The number of imidazole rings is 1. The van der Waals surface area contributed by atoms with Crippen molar-refractivity contribution in [2.24, 2.45) is 0 Å². The molecular formula is C7H9F3N2S. The number of rotatable bonds is 2. The van der Waals surface area contributed by atoms with E-state index in [1.165, 1.54) is 6.20 Å². The van der Waals surface area contributed by atoms with Crippen molar-refractivity contribution >= 4 is 12.2 Å². The van der Waals surface area contributed by atoms with Gasteiger partial charge in [-0.2, -0.15) is 13.2 Å². The number of nitrogens with zero attached hydrogens (tertiary/aromatic N) is 1. The zero-order chi connectivity index (χ0) is 10.1. The van der Waals surface area contributed by atoms with Crippen molar-refractivity contribution in [3.05, 3.63) is 16.7 Å². The van der Waals surface area contributed by atoms with Crippen LogP contribution < -0.4 is 0 Å². The fourth-order valence-electron chi connectivity index (χ4n) is 1.08. The third-order valence-electron chi connectivity index (χ3n) is 1.65. The van der Waals surface area contributed by atoms with Crippen molar-refractivity contribution in [1.29, 1.82) is 0 Å². The van der Waals surface area contributed by atoms with Crippen molar-refractivity contribution in [3.63, 3.8) is 0 Å². The molecule has 0 spiro atoms. The number of aromatic nitrogens is 2. The molecule has 0 radical (unpaired) electrons. The molecule has 1 N–H and O–H groups in total. The van der Waals surface area contributed by atoms with E-state index in [4.69, 9.17) is 12.2 Å². The van der Waals surface area contributed by atoms with Gasteiger partial charge in [-0.25, -0.2) is 0 Å². The Morgan fingerprint density at radius 3 is 2.62 bits per heavy atom. The van der Waals surface area contributed by atoms with E-state index >= 15 is 0 Å². The summed E-state index contributed by atoms with van der Waals surface area (Å²) in [4.78, 5) is 2.59. The minimum absolute atomic E-state index is 0.120. The summed E-state index contributed by atoms with van der Waals surface area (Å²) in [7, 11) is 0. The van der Waals surface area contributed by atoms with Gasteiger partial charge in [0.15, 0.2) is 4.77 Å². The standard InChI is InChI=1S/C7H9F3N2S/c1-2-5-3-11-6(13)12(5)4-7(8,9)10/h3H,2,4H2,1H3,(H,11,13). The molecule has 6 heteroatoms. The minimum atomic E-state index is -4.22. The zero-order valence-electron chi connectivity index (χ0n) is 6.98. The molecule has 0 bridgehead atoms. The van der Waals surface area contributed by atoms with Crippen LogP contribution in [0.25, 0.3) is 0 Å². The van der Waals surface area contributed by atoms with E-state index in [2.05, 4.69) is 4.98 Å². The molecular weight excluding hydrogens is 201 g/mol. The second kappa shape index (κ2) is 3.53. The molecule has 13 heavy (non-hydrogen) atoms. The van der Waals surface area contributed by atoms with Crippen LogP contribution in [0.1, 0.15) is 12.6 Å².